The first-order valence-corrected chi connectivity index (χ1v) is 10.6. The van der Waals surface area contributed by atoms with Gasteiger partial charge in [-0.15, -0.1) is 5.10 Å². The van der Waals surface area contributed by atoms with Gasteiger partial charge >= 0.3 is 12.0 Å². The van der Waals surface area contributed by atoms with Crippen LogP contribution in [0.25, 0.3) is 11.5 Å². The van der Waals surface area contributed by atoms with Crippen LogP contribution in [-0.2, 0) is 24.1 Å². The van der Waals surface area contributed by atoms with E-state index in [-0.39, 0.29) is 12.1 Å². The van der Waals surface area contributed by atoms with Crippen molar-refractivity contribution < 1.29 is 13.9 Å². The van der Waals surface area contributed by atoms with E-state index < -0.39 is 0 Å². The summed E-state index contributed by atoms with van der Waals surface area (Å²) in [6.07, 6.45) is 1.61. The minimum absolute atomic E-state index is 0.00716. The maximum atomic E-state index is 11.6. The van der Waals surface area contributed by atoms with Crippen molar-refractivity contribution in [1.82, 2.24) is 20.5 Å². The summed E-state index contributed by atoms with van der Waals surface area (Å²) in [4.78, 5) is 19.3. The molecule has 0 radical (unpaired) electrons. The van der Waals surface area contributed by atoms with Gasteiger partial charge in [0.15, 0.2) is 5.13 Å². The second-order valence-corrected chi connectivity index (χ2v) is 8.06. The highest BCUT2D eigenvalue weighted by atomic mass is 32.1. The number of aromatic nitrogens is 3. The molecule has 0 spiro atoms. The van der Waals surface area contributed by atoms with Gasteiger partial charge in [0.05, 0.1) is 24.9 Å². The third kappa shape index (κ3) is 4.14. The molecule has 0 unspecified atom stereocenters. The summed E-state index contributed by atoms with van der Waals surface area (Å²) in [7, 11) is 3.24. The van der Waals surface area contributed by atoms with Crippen molar-refractivity contribution in [1.29, 1.82) is 0 Å². The monoisotopic (exact) mass is 428 g/mol. The molecule has 2 N–H and O–H groups in total. The number of carbonyl (C=O) groups is 1. The van der Waals surface area contributed by atoms with E-state index in [1.54, 1.807) is 14.2 Å². The van der Waals surface area contributed by atoms with Crippen molar-refractivity contribution in [3.05, 3.63) is 40.4 Å². The maximum absolute atomic E-state index is 11.6. The van der Waals surface area contributed by atoms with Gasteiger partial charge in [0.1, 0.15) is 0 Å². The van der Waals surface area contributed by atoms with Crippen molar-refractivity contribution in [2.45, 2.75) is 32.4 Å². The molecule has 3 aromatic rings. The lowest BCUT2D eigenvalue weighted by atomic mass is 10.1. The Balaban J connectivity index is 1.60. The summed E-state index contributed by atoms with van der Waals surface area (Å²) in [6.45, 7) is 3.17. The van der Waals surface area contributed by atoms with Crippen LogP contribution in [0.3, 0.4) is 0 Å². The topological polar surface area (TPSA) is 105 Å². The van der Waals surface area contributed by atoms with Crippen molar-refractivity contribution in [3.63, 3.8) is 0 Å². The van der Waals surface area contributed by atoms with Gasteiger partial charge in [0.25, 0.3) is 0 Å². The SMILES string of the molecule is CCc1cccc(-c2nnc(N3Cc4sc(NC(=O)NC)nc4C[C@H]3COC)o2)c1. The van der Waals surface area contributed by atoms with Gasteiger partial charge in [-0.2, -0.15) is 0 Å². The molecule has 0 fully saturated rings. The van der Waals surface area contributed by atoms with Crippen LogP contribution in [0, 0.1) is 0 Å². The van der Waals surface area contributed by atoms with Crippen molar-refractivity contribution in [3.8, 4) is 11.5 Å². The van der Waals surface area contributed by atoms with E-state index >= 15 is 0 Å². The van der Waals surface area contributed by atoms with Crippen LogP contribution in [0.5, 0.6) is 0 Å². The molecule has 0 bridgehead atoms. The average Bonchev–Trinajstić information content (AvgIpc) is 3.40. The Morgan fingerprint density at radius 2 is 2.27 bits per heavy atom. The van der Waals surface area contributed by atoms with Gasteiger partial charge in [-0.1, -0.05) is 35.5 Å². The number of aryl methyl sites for hydroxylation is 1. The maximum Gasteiger partial charge on any atom is 0.320 e. The highest BCUT2D eigenvalue weighted by Crippen LogP contribution is 2.34. The summed E-state index contributed by atoms with van der Waals surface area (Å²) in [5.74, 6) is 0.494. The summed E-state index contributed by atoms with van der Waals surface area (Å²) >= 11 is 1.45. The van der Waals surface area contributed by atoms with Gasteiger partial charge in [-0.05, 0) is 24.1 Å². The Morgan fingerprint density at radius 1 is 1.40 bits per heavy atom. The molecule has 0 aliphatic carbocycles. The lowest BCUT2D eigenvalue weighted by molar-refractivity contribution is 0.171. The van der Waals surface area contributed by atoms with Crippen LogP contribution in [0.15, 0.2) is 28.7 Å². The third-order valence-corrected chi connectivity index (χ3v) is 6.01. The molecule has 2 amide bonds. The largest absolute Gasteiger partial charge is 0.403 e. The zero-order valence-corrected chi connectivity index (χ0v) is 18.0. The number of ether oxygens (including phenoxy) is 1. The van der Waals surface area contributed by atoms with E-state index in [9.17, 15) is 4.79 Å². The number of benzene rings is 1. The first kappa shape index (κ1) is 20.3. The van der Waals surface area contributed by atoms with Crippen molar-refractivity contribution in [2.75, 3.05) is 31.0 Å². The fourth-order valence-corrected chi connectivity index (χ4v) is 4.42. The van der Waals surface area contributed by atoms with Gasteiger partial charge in [0, 0.05) is 31.0 Å². The molecule has 0 saturated carbocycles. The smallest absolute Gasteiger partial charge is 0.320 e. The van der Waals surface area contributed by atoms with Crippen LogP contribution in [-0.4, -0.2) is 48.0 Å². The minimum atomic E-state index is -0.290. The molecule has 3 heterocycles. The number of methoxy groups -OCH3 is 1. The Morgan fingerprint density at radius 3 is 3.03 bits per heavy atom. The third-order valence-electron chi connectivity index (χ3n) is 5.01. The van der Waals surface area contributed by atoms with Gasteiger partial charge in [-0.25, -0.2) is 9.78 Å². The second kappa shape index (κ2) is 8.80. The molecule has 158 valence electrons. The normalized spacial score (nSPS) is 15.7. The Labute approximate surface area is 178 Å². The zero-order valence-electron chi connectivity index (χ0n) is 17.1. The number of amides is 2. The summed E-state index contributed by atoms with van der Waals surface area (Å²) in [5, 5.41) is 14.4. The molecule has 30 heavy (non-hydrogen) atoms. The second-order valence-electron chi connectivity index (χ2n) is 6.98. The highest BCUT2D eigenvalue weighted by Gasteiger charge is 2.32. The number of nitrogens with zero attached hydrogens (tertiary/aromatic N) is 4. The molecule has 1 atom stereocenters. The number of hydrogen-bond donors (Lipinski definition) is 2. The van der Waals surface area contributed by atoms with Gasteiger partial charge < -0.3 is 19.4 Å². The van der Waals surface area contributed by atoms with Crippen LogP contribution < -0.4 is 15.5 Å². The van der Waals surface area contributed by atoms with E-state index in [1.165, 1.54) is 16.9 Å². The molecule has 1 aliphatic rings. The molecule has 1 aromatic carbocycles. The lowest BCUT2D eigenvalue weighted by Gasteiger charge is -2.32. The van der Waals surface area contributed by atoms with Crippen molar-refractivity contribution in [2.24, 2.45) is 0 Å². The number of hydrogen-bond acceptors (Lipinski definition) is 8. The highest BCUT2D eigenvalue weighted by molar-refractivity contribution is 7.15. The molecule has 10 heteroatoms. The molecule has 2 aromatic heterocycles. The fraction of sp³-hybridized carbons (Fsp3) is 0.400. The molecular formula is C20H24N6O3S. The summed E-state index contributed by atoms with van der Waals surface area (Å²) in [6, 6.07) is 8.28. The predicted molar refractivity (Wildman–Crippen MR) is 115 cm³/mol. The number of rotatable bonds is 6. The van der Waals surface area contributed by atoms with E-state index in [2.05, 4.69) is 44.9 Å². The zero-order chi connectivity index (χ0) is 21.1. The quantitative estimate of drug-likeness (QED) is 0.621. The molecule has 4 rings (SSSR count). The number of fused-ring (bicyclic) bond motifs is 1. The Kier molecular flexibility index (Phi) is 5.96. The van der Waals surface area contributed by atoms with Crippen LogP contribution >= 0.6 is 11.3 Å². The summed E-state index contributed by atoms with van der Waals surface area (Å²) < 4.78 is 11.5. The van der Waals surface area contributed by atoms with E-state index in [0.29, 0.717) is 36.6 Å². The van der Waals surface area contributed by atoms with E-state index in [0.717, 1.165) is 22.6 Å². The van der Waals surface area contributed by atoms with E-state index in [1.807, 2.05) is 17.0 Å². The summed E-state index contributed by atoms with van der Waals surface area (Å²) in [5.41, 5.74) is 3.08. The molecule has 9 nitrogen and oxygen atoms in total. The Bertz CT molecular complexity index is 1030. The fourth-order valence-electron chi connectivity index (χ4n) is 3.43. The van der Waals surface area contributed by atoms with Crippen LogP contribution in [0.1, 0.15) is 23.1 Å². The van der Waals surface area contributed by atoms with Crippen LogP contribution in [0.2, 0.25) is 0 Å². The standard InChI is InChI=1S/C20H24N6O3S/c1-4-12-6-5-7-13(8-12)17-24-25-20(29-17)26-10-16-15(9-14(26)11-28-3)22-19(30-16)23-18(27)21-2/h5-8,14H,4,9-11H2,1-3H3,(H2,21,22,23,27)/t14-/m0/s1. The first-order valence-electron chi connectivity index (χ1n) is 9.77. The Hall–Kier alpha value is -2.98. The lowest BCUT2D eigenvalue weighted by Crippen LogP contribution is -2.43. The van der Waals surface area contributed by atoms with Crippen molar-refractivity contribution >= 4 is 28.5 Å². The number of nitrogens with one attached hydrogen (secondary N) is 2. The molecule has 1 aliphatic heterocycles. The number of urea groups is 1. The number of thiazole rings is 1. The first-order chi connectivity index (χ1) is 14.6. The van der Waals surface area contributed by atoms with Gasteiger partial charge in [-0.3, -0.25) is 5.32 Å². The number of anilines is 2. The number of carbonyl (C=O) groups excluding carboxylic acids is 1. The molecular weight excluding hydrogens is 404 g/mol. The van der Waals surface area contributed by atoms with Gasteiger partial charge in [0.2, 0.25) is 5.89 Å². The average molecular weight is 429 g/mol. The minimum Gasteiger partial charge on any atom is -0.403 e. The molecule has 0 saturated heterocycles. The predicted octanol–water partition coefficient (Wildman–Crippen LogP) is 3.08. The van der Waals surface area contributed by atoms with Crippen LogP contribution in [0.4, 0.5) is 15.9 Å². The van der Waals surface area contributed by atoms with E-state index in [4.69, 9.17) is 9.15 Å².